The van der Waals surface area contributed by atoms with Crippen LogP contribution in [0.2, 0.25) is 0 Å². The normalized spacial score (nSPS) is 12.6. The second-order valence-corrected chi connectivity index (χ2v) is 6.04. The number of esters is 1. The Morgan fingerprint density at radius 1 is 1.43 bits per heavy atom. The van der Waals surface area contributed by atoms with Gasteiger partial charge in [0.25, 0.3) is 0 Å². The maximum atomic E-state index is 11.7. The molecule has 114 valence electrons. The van der Waals surface area contributed by atoms with Crippen molar-refractivity contribution in [1.29, 1.82) is 0 Å². The minimum atomic E-state index is -0.516. The quantitative estimate of drug-likeness (QED) is 0.673. The summed E-state index contributed by atoms with van der Waals surface area (Å²) in [6.45, 7) is 5.73. The van der Waals surface area contributed by atoms with Gasteiger partial charge in [-0.2, -0.15) is 0 Å². The van der Waals surface area contributed by atoms with Gasteiger partial charge in [-0.25, -0.2) is 14.7 Å². The van der Waals surface area contributed by atoms with E-state index in [0.29, 0.717) is 10.9 Å². The van der Waals surface area contributed by atoms with Crippen LogP contribution in [0.25, 0.3) is 0 Å². The van der Waals surface area contributed by atoms with Crippen molar-refractivity contribution in [1.82, 2.24) is 14.8 Å². The van der Waals surface area contributed by atoms with E-state index >= 15 is 0 Å². The summed E-state index contributed by atoms with van der Waals surface area (Å²) in [4.78, 5) is 23.0. The lowest BCUT2D eigenvalue weighted by Gasteiger charge is -2.11. The van der Waals surface area contributed by atoms with E-state index < -0.39 is 5.97 Å². The highest BCUT2D eigenvalue weighted by Crippen LogP contribution is 2.34. The molecule has 0 aliphatic carbocycles. The van der Waals surface area contributed by atoms with E-state index in [1.807, 2.05) is 20.8 Å². The van der Waals surface area contributed by atoms with Crippen LogP contribution in [0.3, 0.4) is 0 Å². The Morgan fingerprint density at radius 3 is 2.76 bits per heavy atom. The first-order chi connectivity index (χ1) is 9.93. The standard InChI is InChI=1S/C13H17N3O4S/c1-7(2)16-12(18)14-15-13(16)21-8(3)9-5-6-10(20-9)11(17)19-4/h5-8H,1-4H3,(H,14,18). The van der Waals surface area contributed by atoms with Gasteiger partial charge < -0.3 is 9.15 Å². The average Bonchev–Trinajstić information content (AvgIpc) is 3.05. The first-order valence-electron chi connectivity index (χ1n) is 6.45. The first kappa shape index (κ1) is 15.4. The molecule has 0 spiro atoms. The van der Waals surface area contributed by atoms with Crippen LogP contribution in [0.5, 0.6) is 0 Å². The van der Waals surface area contributed by atoms with Crippen molar-refractivity contribution in [2.75, 3.05) is 7.11 Å². The second-order valence-electron chi connectivity index (χ2n) is 4.73. The molecule has 2 aromatic rings. The van der Waals surface area contributed by atoms with Gasteiger partial charge in [0.15, 0.2) is 5.16 Å². The van der Waals surface area contributed by atoms with Gasteiger partial charge in [0.1, 0.15) is 5.76 Å². The SMILES string of the molecule is COC(=O)c1ccc(C(C)Sc2n[nH]c(=O)n2C(C)C)o1. The van der Waals surface area contributed by atoms with Crippen LogP contribution in [-0.2, 0) is 4.74 Å². The van der Waals surface area contributed by atoms with Gasteiger partial charge in [-0.15, -0.1) is 5.10 Å². The third kappa shape index (κ3) is 3.21. The number of carbonyl (C=O) groups excluding carboxylic acids is 1. The van der Waals surface area contributed by atoms with Crippen molar-refractivity contribution < 1.29 is 13.9 Å². The molecule has 2 aromatic heterocycles. The van der Waals surface area contributed by atoms with E-state index in [2.05, 4.69) is 14.9 Å². The largest absolute Gasteiger partial charge is 0.463 e. The van der Waals surface area contributed by atoms with Crippen molar-refractivity contribution in [3.05, 3.63) is 34.1 Å². The molecule has 8 heteroatoms. The number of thioether (sulfide) groups is 1. The van der Waals surface area contributed by atoms with Gasteiger partial charge in [-0.1, -0.05) is 11.8 Å². The number of aromatic amines is 1. The third-order valence-corrected chi connectivity index (χ3v) is 3.97. The Labute approximate surface area is 125 Å². The Bertz CT molecular complexity index is 686. The van der Waals surface area contributed by atoms with E-state index in [9.17, 15) is 9.59 Å². The number of hydrogen-bond donors (Lipinski definition) is 1. The first-order valence-corrected chi connectivity index (χ1v) is 7.33. The minimum Gasteiger partial charge on any atom is -0.463 e. The van der Waals surface area contributed by atoms with Crippen LogP contribution in [0.4, 0.5) is 0 Å². The fraction of sp³-hybridized carbons (Fsp3) is 0.462. The lowest BCUT2D eigenvalue weighted by Crippen LogP contribution is -2.19. The number of nitrogens with zero attached hydrogens (tertiary/aromatic N) is 2. The molecule has 0 bridgehead atoms. The van der Waals surface area contributed by atoms with Crippen molar-refractivity contribution in [3.8, 4) is 0 Å². The predicted molar refractivity (Wildman–Crippen MR) is 77.6 cm³/mol. The number of hydrogen-bond acceptors (Lipinski definition) is 6. The third-order valence-electron chi connectivity index (χ3n) is 2.88. The molecule has 21 heavy (non-hydrogen) atoms. The van der Waals surface area contributed by atoms with Gasteiger partial charge >= 0.3 is 11.7 Å². The molecule has 0 aromatic carbocycles. The van der Waals surface area contributed by atoms with Crippen LogP contribution >= 0.6 is 11.8 Å². The topological polar surface area (TPSA) is 90.1 Å². The highest BCUT2D eigenvalue weighted by molar-refractivity contribution is 7.99. The molecule has 0 aliphatic heterocycles. The van der Waals surface area contributed by atoms with Crippen molar-refractivity contribution >= 4 is 17.7 Å². The van der Waals surface area contributed by atoms with Gasteiger partial charge in [0.2, 0.25) is 5.76 Å². The highest BCUT2D eigenvalue weighted by atomic mass is 32.2. The lowest BCUT2D eigenvalue weighted by molar-refractivity contribution is 0.0563. The summed E-state index contributed by atoms with van der Waals surface area (Å²) in [7, 11) is 1.30. The zero-order valence-electron chi connectivity index (χ0n) is 12.2. The summed E-state index contributed by atoms with van der Waals surface area (Å²) in [6, 6.07) is 3.29. The lowest BCUT2D eigenvalue weighted by atomic mass is 10.3. The van der Waals surface area contributed by atoms with E-state index in [0.717, 1.165) is 0 Å². The smallest absolute Gasteiger partial charge is 0.373 e. The maximum Gasteiger partial charge on any atom is 0.373 e. The zero-order chi connectivity index (χ0) is 15.6. The van der Waals surface area contributed by atoms with E-state index in [4.69, 9.17) is 4.42 Å². The average molecular weight is 311 g/mol. The molecule has 0 radical (unpaired) electrons. The fourth-order valence-corrected chi connectivity index (χ4v) is 2.89. The van der Waals surface area contributed by atoms with Crippen LogP contribution < -0.4 is 5.69 Å². The summed E-state index contributed by atoms with van der Waals surface area (Å²) in [5.41, 5.74) is -0.241. The van der Waals surface area contributed by atoms with E-state index in [-0.39, 0.29) is 22.7 Å². The van der Waals surface area contributed by atoms with Crippen molar-refractivity contribution in [2.24, 2.45) is 0 Å². The molecule has 7 nitrogen and oxygen atoms in total. The number of ether oxygens (including phenoxy) is 1. The molecule has 0 amide bonds. The molecule has 0 saturated heterocycles. The number of carbonyl (C=O) groups is 1. The molecule has 2 heterocycles. The monoisotopic (exact) mass is 311 g/mol. The van der Waals surface area contributed by atoms with Crippen molar-refractivity contribution in [3.63, 3.8) is 0 Å². The van der Waals surface area contributed by atoms with E-state index in [1.165, 1.54) is 18.9 Å². The minimum absolute atomic E-state index is 0.00758. The van der Waals surface area contributed by atoms with Gasteiger partial charge in [0.05, 0.1) is 12.4 Å². The van der Waals surface area contributed by atoms with Gasteiger partial charge in [-0.05, 0) is 32.9 Å². The number of furan rings is 1. The summed E-state index contributed by atoms with van der Waals surface area (Å²) in [5, 5.41) is 6.94. The van der Waals surface area contributed by atoms with Crippen molar-refractivity contribution in [2.45, 2.75) is 37.2 Å². The molecule has 1 N–H and O–H groups in total. The molecule has 0 aliphatic rings. The number of methoxy groups -OCH3 is 1. The summed E-state index contributed by atoms with van der Waals surface area (Å²) < 4.78 is 11.6. The van der Waals surface area contributed by atoms with Gasteiger partial charge in [-0.3, -0.25) is 4.57 Å². The molecule has 1 atom stereocenters. The molecule has 2 rings (SSSR count). The summed E-state index contributed by atoms with van der Waals surface area (Å²) >= 11 is 1.38. The number of nitrogens with one attached hydrogen (secondary N) is 1. The summed E-state index contributed by atoms with van der Waals surface area (Å²) in [6.07, 6.45) is 0. The maximum absolute atomic E-state index is 11.7. The number of aromatic nitrogens is 3. The molecular weight excluding hydrogens is 294 g/mol. The Morgan fingerprint density at radius 2 is 2.14 bits per heavy atom. The fourth-order valence-electron chi connectivity index (χ4n) is 1.83. The van der Waals surface area contributed by atoms with Crippen LogP contribution in [0.15, 0.2) is 26.5 Å². The molecule has 1 unspecified atom stereocenters. The molecule has 0 saturated carbocycles. The Kier molecular flexibility index (Phi) is 4.56. The molecular formula is C13H17N3O4S. The number of H-pyrrole nitrogens is 1. The van der Waals surface area contributed by atoms with Crippen LogP contribution in [-0.4, -0.2) is 27.8 Å². The molecule has 0 fully saturated rings. The number of rotatable bonds is 5. The highest BCUT2D eigenvalue weighted by Gasteiger charge is 2.20. The van der Waals surface area contributed by atoms with Gasteiger partial charge in [0, 0.05) is 6.04 Å². The Balaban J connectivity index is 2.18. The second kappa shape index (κ2) is 6.21. The zero-order valence-corrected chi connectivity index (χ0v) is 13.1. The summed E-state index contributed by atoms with van der Waals surface area (Å²) in [5.74, 6) is 0.256. The van der Waals surface area contributed by atoms with Crippen LogP contribution in [0, 0.1) is 0 Å². The van der Waals surface area contributed by atoms with E-state index in [1.54, 1.807) is 16.7 Å². The van der Waals surface area contributed by atoms with Crippen LogP contribution in [0.1, 0.15) is 48.4 Å². The predicted octanol–water partition coefficient (Wildman–Crippen LogP) is 2.39. The Hall–Kier alpha value is -1.96.